The summed E-state index contributed by atoms with van der Waals surface area (Å²) in [5.41, 5.74) is 6.41. The number of para-hydroxylation sites is 1. The van der Waals surface area contributed by atoms with Crippen molar-refractivity contribution in [1.82, 2.24) is 0 Å². The maximum atomic E-state index is 11.2. The molecular formula is C13H18ClN3O2. The maximum absolute atomic E-state index is 11.2. The van der Waals surface area contributed by atoms with Gasteiger partial charge in [0.2, 0.25) is 0 Å². The van der Waals surface area contributed by atoms with Crippen molar-refractivity contribution in [1.29, 1.82) is 0 Å². The molecule has 0 bridgehead atoms. The van der Waals surface area contributed by atoms with E-state index in [-0.39, 0.29) is 16.7 Å². The van der Waals surface area contributed by atoms with E-state index in [1.807, 2.05) is 4.90 Å². The molecule has 2 rings (SSSR count). The van der Waals surface area contributed by atoms with E-state index in [9.17, 15) is 10.1 Å². The van der Waals surface area contributed by atoms with E-state index in [0.29, 0.717) is 23.2 Å². The third-order valence-corrected chi connectivity index (χ3v) is 4.11. The van der Waals surface area contributed by atoms with E-state index in [1.54, 1.807) is 12.1 Å². The zero-order valence-electron chi connectivity index (χ0n) is 10.9. The molecule has 104 valence electrons. The van der Waals surface area contributed by atoms with Crippen molar-refractivity contribution >= 4 is 23.0 Å². The summed E-state index contributed by atoms with van der Waals surface area (Å²) >= 11 is 6.19. The summed E-state index contributed by atoms with van der Waals surface area (Å²) in [4.78, 5) is 12.8. The van der Waals surface area contributed by atoms with Gasteiger partial charge in [-0.3, -0.25) is 10.1 Å². The number of nitrogens with two attached hydrogens (primary N) is 1. The van der Waals surface area contributed by atoms with E-state index in [1.165, 1.54) is 6.07 Å². The minimum atomic E-state index is -0.381. The van der Waals surface area contributed by atoms with Crippen LogP contribution in [0.5, 0.6) is 0 Å². The standard InChI is InChI=1S/C13H18ClN3O2/c1-9-4-3-7-16(12(9)8-15)13-10(14)5-2-6-11(13)17(18)19/h2,5-6,9,12H,3-4,7-8,15H2,1H3. The summed E-state index contributed by atoms with van der Waals surface area (Å²) in [6, 6.07) is 4.90. The van der Waals surface area contributed by atoms with Crippen LogP contribution < -0.4 is 10.6 Å². The predicted molar refractivity (Wildman–Crippen MR) is 76.7 cm³/mol. The fourth-order valence-electron chi connectivity index (χ4n) is 2.82. The van der Waals surface area contributed by atoms with E-state index >= 15 is 0 Å². The van der Waals surface area contributed by atoms with Crippen molar-refractivity contribution in [3.63, 3.8) is 0 Å². The van der Waals surface area contributed by atoms with Gasteiger partial charge in [-0.2, -0.15) is 0 Å². The topological polar surface area (TPSA) is 72.4 Å². The fourth-order valence-corrected chi connectivity index (χ4v) is 3.10. The first-order valence-electron chi connectivity index (χ1n) is 6.46. The molecule has 2 N–H and O–H groups in total. The second kappa shape index (κ2) is 5.75. The molecule has 1 fully saturated rings. The quantitative estimate of drug-likeness (QED) is 0.684. The minimum absolute atomic E-state index is 0.0556. The zero-order valence-corrected chi connectivity index (χ0v) is 11.6. The Bertz CT molecular complexity index is 481. The Kier molecular flexibility index (Phi) is 4.27. The van der Waals surface area contributed by atoms with Crippen LogP contribution >= 0.6 is 11.6 Å². The number of rotatable bonds is 3. The summed E-state index contributed by atoms with van der Waals surface area (Å²) < 4.78 is 0. The summed E-state index contributed by atoms with van der Waals surface area (Å²) in [6.07, 6.45) is 2.09. The lowest BCUT2D eigenvalue weighted by Gasteiger charge is -2.41. The number of nitro groups is 1. The normalized spacial score (nSPS) is 23.4. The molecule has 1 saturated heterocycles. The highest BCUT2D eigenvalue weighted by molar-refractivity contribution is 6.33. The third kappa shape index (κ3) is 2.67. The van der Waals surface area contributed by atoms with Gasteiger partial charge in [-0.05, 0) is 24.8 Å². The van der Waals surface area contributed by atoms with Gasteiger partial charge in [0, 0.05) is 25.2 Å². The van der Waals surface area contributed by atoms with Crippen molar-refractivity contribution in [2.24, 2.45) is 11.7 Å². The number of hydrogen-bond acceptors (Lipinski definition) is 4. The van der Waals surface area contributed by atoms with E-state index < -0.39 is 0 Å². The van der Waals surface area contributed by atoms with Gasteiger partial charge >= 0.3 is 0 Å². The molecule has 0 aromatic heterocycles. The summed E-state index contributed by atoms with van der Waals surface area (Å²) in [5.74, 6) is 0.412. The second-order valence-electron chi connectivity index (χ2n) is 4.98. The molecular weight excluding hydrogens is 266 g/mol. The van der Waals surface area contributed by atoms with Gasteiger partial charge < -0.3 is 10.6 Å². The lowest BCUT2D eigenvalue weighted by molar-refractivity contribution is -0.384. The molecule has 1 aliphatic heterocycles. The molecule has 19 heavy (non-hydrogen) atoms. The molecule has 2 atom stereocenters. The molecule has 0 radical (unpaired) electrons. The Morgan fingerprint density at radius 1 is 1.58 bits per heavy atom. The van der Waals surface area contributed by atoms with Crippen LogP contribution in [0.4, 0.5) is 11.4 Å². The highest BCUT2D eigenvalue weighted by Crippen LogP contribution is 2.39. The summed E-state index contributed by atoms with van der Waals surface area (Å²) in [5, 5.41) is 11.6. The van der Waals surface area contributed by atoms with E-state index in [0.717, 1.165) is 19.4 Å². The Balaban J connectivity index is 2.47. The lowest BCUT2D eigenvalue weighted by Crippen LogP contribution is -2.49. The van der Waals surface area contributed by atoms with E-state index in [4.69, 9.17) is 17.3 Å². The molecule has 1 aromatic rings. The number of anilines is 1. The SMILES string of the molecule is CC1CCCN(c2c(Cl)cccc2[N+](=O)[O-])C1CN. The monoisotopic (exact) mass is 283 g/mol. The minimum Gasteiger partial charge on any atom is -0.360 e. The van der Waals surface area contributed by atoms with Crippen LogP contribution in [-0.2, 0) is 0 Å². The summed E-state index contributed by atoms with van der Waals surface area (Å²) in [6.45, 7) is 3.37. The lowest BCUT2D eigenvalue weighted by atomic mass is 9.90. The van der Waals surface area contributed by atoms with E-state index in [2.05, 4.69) is 6.92 Å². The largest absolute Gasteiger partial charge is 0.360 e. The van der Waals surface area contributed by atoms with Gasteiger partial charge in [0.25, 0.3) is 5.69 Å². The van der Waals surface area contributed by atoms with Gasteiger partial charge in [0.05, 0.1) is 9.95 Å². The first kappa shape index (κ1) is 14.1. The molecule has 1 aliphatic rings. The van der Waals surface area contributed by atoms with Gasteiger partial charge in [-0.15, -0.1) is 0 Å². The molecule has 1 heterocycles. The van der Waals surface area contributed by atoms with Crippen LogP contribution in [0.2, 0.25) is 5.02 Å². The molecule has 5 nitrogen and oxygen atoms in total. The fraction of sp³-hybridized carbons (Fsp3) is 0.538. The number of piperidine rings is 1. The van der Waals surface area contributed by atoms with Crippen LogP contribution in [0.15, 0.2) is 18.2 Å². The van der Waals surface area contributed by atoms with Crippen LogP contribution in [0.25, 0.3) is 0 Å². The zero-order chi connectivity index (χ0) is 14.0. The number of halogens is 1. The maximum Gasteiger partial charge on any atom is 0.294 e. The van der Waals surface area contributed by atoms with Crippen molar-refractivity contribution in [3.05, 3.63) is 33.3 Å². The smallest absolute Gasteiger partial charge is 0.294 e. The average molecular weight is 284 g/mol. The number of nitro benzene ring substituents is 1. The Hall–Kier alpha value is -1.33. The average Bonchev–Trinajstić information content (AvgIpc) is 2.38. The highest BCUT2D eigenvalue weighted by Gasteiger charge is 2.32. The summed E-state index contributed by atoms with van der Waals surface area (Å²) in [7, 11) is 0. The Morgan fingerprint density at radius 3 is 2.95 bits per heavy atom. The van der Waals surface area contributed by atoms with Gasteiger partial charge in [0.1, 0.15) is 5.69 Å². The van der Waals surface area contributed by atoms with Gasteiger partial charge in [-0.25, -0.2) is 0 Å². The van der Waals surface area contributed by atoms with Gasteiger partial charge in [-0.1, -0.05) is 24.6 Å². The van der Waals surface area contributed by atoms with Gasteiger partial charge in [0.15, 0.2) is 0 Å². The number of nitrogens with zero attached hydrogens (tertiary/aromatic N) is 2. The molecule has 2 unspecified atom stereocenters. The van der Waals surface area contributed by atoms with Crippen molar-refractivity contribution in [3.8, 4) is 0 Å². The number of benzene rings is 1. The second-order valence-corrected chi connectivity index (χ2v) is 5.39. The van der Waals surface area contributed by atoms with Crippen LogP contribution in [0, 0.1) is 16.0 Å². The van der Waals surface area contributed by atoms with Crippen LogP contribution in [0.1, 0.15) is 19.8 Å². The first-order chi connectivity index (χ1) is 9.06. The molecule has 0 aliphatic carbocycles. The van der Waals surface area contributed by atoms with Crippen LogP contribution in [-0.4, -0.2) is 24.1 Å². The van der Waals surface area contributed by atoms with Crippen molar-refractivity contribution < 1.29 is 4.92 Å². The Morgan fingerprint density at radius 2 is 2.32 bits per heavy atom. The predicted octanol–water partition coefficient (Wildman–Crippen LogP) is 2.81. The molecule has 6 heteroatoms. The van der Waals surface area contributed by atoms with Crippen LogP contribution in [0.3, 0.4) is 0 Å². The van der Waals surface area contributed by atoms with Crippen molar-refractivity contribution in [2.75, 3.05) is 18.0 Å². The van der Waals surface area contributed by atoms with Crippen molar-refractivity contribution in [2.45, 2.75) is 25.8 Å². The molecule has 0 amide bonds. The Labute approximate surface area is 117 Å². The first-order valence-corrected chi connectivity index (χ1v) is 6.83. The highest BCUT2D eigenvalue weighted by atomic mass is 35.5. The molecule has 1 aromatic carbocycles. The number of hydrogen-bond donors (Lipinski definition) is 1. The molecule has 0 saturated carbocycles. The molecule has 0 spiro atoms. The third-order valence-electron chi connectivity index (χ3n) is 3.81.